The monoisotopic (exact) mass is 262 g/mol. The summed E-state index contributed by atoms with van der Waals surface area (Å²) in [7, 11) is 0. The van der Waals surface area contributed by atoms with Crippen molar-refractivity contribution in [1.29, 1.82) is 0 Å². The van der Waals surface area contributed by atoms with Crippen molar-refractivity contribution in [2.24, 2.45) is 35.0 Å². The van der Waals surface area contributed by atoms with Crippen LogP contribution in [0, 0.1) is 35.0 Å². The van der Waals surface area contributed by atoms with Gasteiger partial charge in [0.1, 0.15) is 0 Å². The molecule has 2 unspecified atom stereocenters. The fraction of sp³-hybridized carbons (Fsp3) is 1.00. The fourth-order valence-corrected chi connectivity index (χ4v) is 6.92. The van der Waals surface area contributed by atoms with Crippen molar-refractivity contribution in [2.45, 2.75) is 77.2 Å². The number of aliphatic hydroxyl groups is 1. The second-order valence-electron chi connectivity index (χ2n) is 8.45. The third kappa shape index (κ3) is 1.83. The van der Waals surface area contributed by atoms with Crippen LogP contribution >= 0.6 is 0 Å². The molecule has 0 radical (unpaired) electrons. The molecule has 108 valence electrons. The van der Waals surface area contributed by atoms with E-state index < -0.39 is 0 Å². The maximum Gasteiger partial charge on any atom is 0.0579 e. The Hall–Kier alpha value is -0.0400. The lowest BCUT2D eigenvalue weighted by Gasteiger charge is -2.56. The topological polar surface area (TPSA) is 20.2 Å². The van der Waals surface area contributed by atoms with Gasteiger partial charge in [0, 0.05) is 0 Å². The SMILES string of the molecule is C[C@@]12CCC[C@H]1[C@@H]1CCC3CCCC[C@@H]3[C@H]1C(O)C2. The van der Waals surface area contributed by atoms with Gasteiger partial charge in [0.15, 0.2) is 0 Å². The van der Waals surface area contributed by atoms with Crippen LogP contribution in [-0.4, -0.2) is 11.2 Å². The molecular formula is C18H30O. The molecular weight excluding hydrogens is 232 g/mol. The standard InChI is InChI=1S/C18H30O/c1-18-10-4-7-15(18)14-9-8-12-5-2-3-6-13(12)17(14)16(19)11-18/h12-17,19H,2-11H2,1H3/t12?,13-,14-,15-,16?,17+,18-/m0/s1. The van der Waals surface area contributed by atoms with Crippen LogP contribution in [0.25, 0.3) is 0 Å². The molecule has 0 spiro atoms. The van der Waals surface area contributed by atoms with Crippen LogP contribution in [0.4, 0.5) is 0 Å². The van der Waals surface area contributed by atoms with E-state index in [1.165, 1.54) is 57.8 Å². The average molecular weight is 262 g/mol. The van der Waals surface area contributed by atoms with Crippen molar-refractivity contribution in [3.8, 4) is 0 Å². The van der Waals surface area contributed by atoms with Gasteiger partial charge in [0.2, 0.25) is 0 Å². The lowest BCUT2D eigenvalue weighted by molar-refractivity contribution is -0.122. The Bertz CT molecular complexity index is 352. The van der Waals surface area contributed by atoms with Gasteiger partial charge >= 0.3 is 0 Å². The third-order valence-electron chi connectivity index (χ3n) is 7.62. The summed E-state index contributed by atoms with van der Waals surface area (Å²) in [6.45, 7) is 2.48. The highest BCUT2D eigenvalue weighted by Crippen LogP contribution is 2.62. The molecule has 0 aliphatic heterocycles. The lowest BCUT2D eigenvalue weighted by Crippen LogP contribution is -2.52. The van der Waals surface area contributed by atoms with Gasteiger partial charge in [-0.05, 0) is 73.5 Å². The Morgan fingerprint density at radius 2 is 1.74 bits per heavy atom. The summed E-state index contributed by atoms with van der Waals surface area (Å²) in [5, 5.41) is 10.9. The second kappa shape index (κ2) is 4.48. The number of hydrogen-bond acceptors (Lipinski definition) is 1. The minimum Gasteiger partial charge on any atom is -0.393 e. The van der Waals surface area contributed by atoms with Crippen molar-refractivity contribution < 1.29 is 5.11 Å². The quantitative estimate of drug-likeness (QED) is 0.686. The highest BCUT2D eigenvalue weighted by Gasteiger charge is 2.56. The highest BCUT2D eigenvalue weighted by atomic mass is 16.3. The van der Waals surface area contributed by atoms with E-state index in [1.54, 1.807) is 0 Å². The van der Waals surface area contributed by atoms with Crippen LogP contribution in [0.15, 0.2) is 0 Å². The zero-order chi connectivity index (χ0) is 13.0. The van der Waals surface area contributed by atoms with E-state index in [4.69, 9.17) is 0 Å². The second-order valence-corrected chi connectivity index (χ2v) is 8.45. The molecule has 0 aromatic carbocycles. The first kappa shape index (κ1) is 12.7. The van der Waals surface area contributed by atoms with Gasteiger partial charge < -0.3 is 5.11 Å². The fourth-order valence-electron chi connectivity index (χ4n) is 6.92. The Balaban J connectivity index is 1.64. The van der Waals surface area contributed by atoms with Crippen LogP contribution < -0.4 is 0 Å². The zero-order valence-electron chi connectivity index (χ0n) is 12.5. The molecule has 4 fully saturated rings. The van der Waals surface area contributed by atoms with Crippen molar-refractivity contribution in [3.63, 3.8) is 0 Å². The van der Waals surface area contributed by atoms with Crippen LogP contribution in [0.5, 0.6) is 0 Å². The number of fused-ring (bicyclic) bond motifs is 5. The van der Waals surface area contributed by atoms with Gasteiger partial charge in [-0.1, -0.05) is 32.6 Å². The first-order chi connectivity index (χ1) is 9.19. The smallest absolute Gasteiger partial charge is 0.0579 e. The maximum absolute atomic E-state index is 10.9. The van der Waals surface area contributed by atoms with Crippen molar-refractivity contribution in [1.82, 2.24) is 0 Å². The average Bonchev–Trinajstić information content (AvgIpc) is 2.79. The summed E-state index contributed by atoms with van der Waals surface area (Å²) < 4.78 is 0. The summed E-state index contributed by atoms with van der Waals surface area (Å²) >= 11 is 0. The first-order valence-corrected chi connectivity index (χ1v) is 8.87. The molecule has 4 saturated carbocycles. The van der Waals surface area contributed by atoms with Gasteiger partial charge in [-0.2, -0.15) is 0 Å². The van der Waals surface area contributed by atoms with Gasteiger partial charge in [-0.15, -0.1) is 0 Å². The van der Waals surface area contributed by atoms with Crippen molar-refractivity contribution >= 4 is 0 Å². The molecule has 1 N–H and O–H groups in total. The minimum absolute atomic E-state index is 0.0234. The molecule has 4 aliphatic carbocycles. The van der Waals surface area contributed by atoms with Crippen molar-refractivity contribution in [3.05, 3.63) is 0 Å². The number of hydrogen-bond donors (Lipinski definition) is 1. The largest absolute Gasteiger partial charge is 0.393 e. The molecule has 0 amide bonds. The van der Waals surface area contributed by atoms with E-state index in [9.17, 15) is 5.11 Å². The Labute approximate surface area is 118 Å². The van der Waals surface area contributed by atoms with E-state index in [2.05, 4.69) is 6.92 Å². The van der Waals surface area contributed by atoms with Crippen molar-refractivity contribution in [2.75, 3.05) is 0 Å². The normalized spacial score (nSPS) is 57.2. The van der Waals surface area contributed by atoms with E-state index >= 15 is 0 Å². The molecule has 1 heteroatoms. The molecule has 0 aromatic rings. The van der Waals surface area contributed by atoms with Crippen LogP contribution in [0.2, 0.25) is 0 Å². The Morgan fingerprint density at radius 1 is 0.895 bits per heavy atom. The van der Waals surface area contributed by atoms with Gasteiger partial charge in [0.25, 0.3) is 0 Å². The molecule has 0 aromatic heterocycles. The van der Waals surface area contributed by atoms with Gasteiger partial charge in [-0.25, -0.2) is 0 Å². The van der Waals surface area contributed by atoms with Crippen LogP contribution in [-0.2, 0) is 0 Å². The number of rotatable bonds is 0. The highest BCUT2D eigenvalue weighted by molar-refractivity contribution is 5.05. The minimum atomic E-state index is 0.0234. The predicted octanol–water partition coefficient (Wildman–Crippen LogP) is 4.39. The van der Waals surface area contributed by atoms with E-state index in [-0.39, 0.29) is 6.10 Å². The molecule has 0 heterocycles. The summed E-state index contributed by atoms with van der Waals surface area (Å²) in [6, 6.07) is 0. The molecule has 4 rings (SSSR count). The summed E-state index contributed by atoms with van der Waals surface area (Å²) in [6.07, 6.45) is 14.1. The van der Waals surface area contributed by atoms with Crippen LogP contribution in [0.3, 0.4) is 0 Å². The van der Waals surface area contributed by atoms with E-state index in [1.807, 2.05) is 0 Å². The zero-order valence-corrected chi connectivity index (χ0v) is 12.5. The molecule has 0 bridgehead atoms. The first-order valence-electron chi connectivity index (χ1n) is 8.87. The third-order valence-corrected chi connectivity index (χ3v) is 7.62. The molecule has 0 saturated heterocycles. The molecule has 19 heavy (non-hydrogen) atoms. The van der Waals surface area contributed by atoms with E-state index in [0.717, 1.165) is 30.1 Å². The summed E-state index contributed by atoms with van der Waals surface area (Å²) in [4.78, 5) is 0. The Morgan fingerprint density at radius 3 is 2.63 bits per heavy atom. The van der Waals surface area contributed by atoms with Crippen LogP contribution in [0.1, 0.15) is 71.1 Å². The molecule has 4 aliphatic rings. The predicted molar refractivity (Wildman–Crippen MR) is 77.7 cm³/mol. The Kier molecular flexibility index (Phi) is 2.99. The molecule has 1 nitrogen and oxygen atoms in total. The number of aliphatic hydroxyl groups excluding tert-OH is 1. The summed E-state index contributed by atoms with van der Waals surface area (Å²) in [5.74, 6) is 4.35. The molecule has 7 atom stereocenters. The lowest BCUT2D eigenvalue weighted by atomic mass is 9.50. The van der Waals surface area contributed by atoms with E-state index in [0.29, 0.717) is 11.3 Å². The maximum atomic E-state index is 10.9. The summed E-state index contributed by atoms with van der Waals surface area (Å²) in [5.41, 5.74) is 0.488. The van der Waals surface area contributed by atoms with Gasteiger partial charge in [0.05, 0.1) is 6.10 Å². The van der Waals surface area contributed by atoms with Gasteiger partial charge in [-0.3, -0.25) is 0 Å².